The summed E-state index contributed by atoms with van der Waals surface area (Å²) in [6.07, 6.45) is 2.08. The molecule has 0 fully saturated rings. The standard InChI is InChI=1S/C8H19N3S/c1-5-10-7(9)11-6-8(2,3)12-4/h5-6H2,1-4H3,(H3,9,10,11). The highest BCUT2D eigenvalue weighted by molar-refractivity contribution is 7.99. The van der Waals surface area contributed by atoms with E-state index in [1.807, 2.05) is 6.92 Å². The van der Waals surface area contributed by atoms with Crippen molar-refractivity contribution in [3.63, 3.8) is 0 Å². The van der Waals surface area contributed by atoms with Crippen LogP contribution >= 0.6 is 11.8 Å². The van der Waals surface area contributed by atoms with Crippen LogP contribution in [-0.2, 0) is 0 Å². The van der Waals surface area contributed by atoms with Crippen LogP contribution in [0.2, 0.25) is 0 Å². The van der Waals surface area contributed by atoms with E-state index in [-0.39, 0.29) is 4.75 Å². The molecular weight excluding hydrogens is 170 g/mol. The maximum absolute atomic E-state index is 5.58. The maximum atomic E-state index is 5.58. The van der Waals surface area contributed by atoms with Crippen LogP contribution in [0.3, 0.4) is 0 Å². The zero-order valence-corrected chi connectivity index (χ0v) is 9.16. The van der Waals surface area contributed by atoms with Gasteiger partial charge in [-0.05, 0) is 27.0 Å². The molecule has 0 aromatic heterocycles. The topological polar surface area (TPSA) is 50.4 Å². The predicted molar refractivity (Wildman–Crippen MR) is 57.8 cm³/mol. The number of aliphatic imine (C=N–C) groups is 1. The Hall–Kier alpha value is -0.380. The molecule has 0 aromatic carbocycles. The second-order valence-electron chi connectivity index (χ2n) is 3.20. The van der Waals surface area contributed by atoms with Crippen LogP contribution in [0.15, 0.2) is 4.99 Å². The average molecular weight is 189 g/mol. The summed E-state index contributed by atoms with van der Waals surface area (Å²) in [5, 5.41) is 2.96. The quantitative estimate of drug-likeness (QED) is 0.513. The molecular formula is C8H19N3S. The van der Waals surface area contributed by atoms with Gasteiger partial charge in [0, 0.05) is 11.3 Å². The number of nitrogens with zero attached hydrogens (tertiary/aromatic N) is 1. The molecule has 3 nitrogen and oxygen atoms in total. The van der Waals surface area contributed by atoms with Crippen LogP contribution in [0.5, 0.6) is 0 Å². The number of hydrogen-bond donors (Lipinski definition) is 2. The molecule has 0 saturated carbocycles. The number of rotatable bonds is 4. The van der Waals surface area contributed by atoms with Crippen molar-refractivity contribution >= 4 is 17.7 Å². The van der Waals surface area contributed by atoms with E-state index >= 15 is 0 Å². The molecule has 3 N–H and O–H groups in total. The monoisotopic (exact) mass is 189 g/mol. The van der Waals surface area contributed by atoms with Gasteiger partial charge in [-0.1, -0.05) is 0 Å². The minimum absolute atomic E-state index is 0.181. The summed E-state index contributed by atoms with van der Waals surface area (Å²) < 4.78 is 0.181. The summed E-state index contributed by atoms with van der Waals surface area (Å²) in [4.78, 5) is 4.22. The Kier molecular flexibility index (Phi) is 5.13. The molecule has 0 aliphatic rings. The van der Waals surface area contributed by atoms with Crippen molar-refractivity contribution in [1.82, 2.24) is 5.32 Å². The van der Waals surface area contributed by atoms with E-state index in [9.17, 15) is 0 Å². The first-order chi connectivity index (χ1) is 5.52. The normalized spacial score (nSPS) is 13.2. The lowest BCUT2D eigenvalue weighted by atomic mass is 10.2. The largest absolute Gasteiger partial charge is 0.370 e. The number of nitrogens with two attached hydrogens (primary N) is 1. The fourth-order valence-electron chi connectivity index (χ4n) is 0.577. The van der Waals surface area contributed by atoms with Gasteiger partial charge in [-0.25, -0.2) is 0 Å². The average Bonchev–Trinajstić information content (AvgIpc) is 2.02. The van der Waals surface area contributed by atoms with Gasteiger partial charge in [0.2, 0.25) is 0 Å². The Morgan fingerprint density at radius 1 is 1.58 bits per heavy atom. The second kappa shape index (κ2) is 5.30. The Morgan fingerprint density at radius 2 is 2.17 bits per heavy atom. The van der Waals surface area contributed by atoms with Crippen LogP contribution in [0, 0.1) is 0 Å². The highest BCUT2D eigenvalue weighted by Crippen LogP contribution is 2.20. The minimum Gasteiger partial charge on any atom is -0.370 e. The summed E-state index contributed by atoms with van der Waals surface area (Å²) >= 11 is 1.80. The third-order valence-electron chi connectivity index (χ3n) is 1.54. The van der Waals surface area contributed by atoms with Crippen LogP contribution < -0.4 is 11.1 Å². The van der Waals surface area contributed by atoms with Crippen molar-refractivity contribution in [2.24, 2.45) is 10.7 Å². The maximum Gasteiger partial charge on any atom is 0.188 e. The van der Waals surface area contributed by atoms with Gasteiger partial charge in [-0.3, -0.25) is 4.99 Å². The number of thioether (sulfide) groups is 1. The molecule has 0 aromatic rings. The van der Waals surface area contributed by atoms with Crippen molar-refractivity contribution in [1.29, 1.82) is 0 Å². The molecule has 0 aliphatic carbocycles. The summed E-state index contributed by atoms with van der Waals surface area (Å²) in [5.74, 6) is 0.541. The van der Waals surface area contributed by atoms with Gasteiger partial charge >= 0.3 is 0 Å². The zero-order chi connectivity index (χ0) is 9.61. The van der Waals surface area contributed by atoms with Gasteiger partial charge in [0.05, 0.1) is 6.54 Å². The third-order valence-corrected chi connectivity index (χ3v) is 2.77. The van der Waals surface area contributed by atoms with Crippen LogP contribution in [0.1, 0.15) is 20.8 Å². The molecule has 0 saturated heterocycles. The van der Waals surface area contributed by atoms with Crippen molar-refractivity contribution in [2.75, 3.05) is 19.3 Å². The third kappa shape index (κ3) is 5.29. The highest BCUT2D eigenvalue weighted by Gasteiger charge is 2.14. The van der Waals surface area contributed by atoms with Gasteiger partial charge in [0.1, 0.15) is 0 Å². The molecule has 0 rings (SSSR count). The SMILES string of the molecule is CCNC(N)=NCC(C)(C)SC. The lowest BCUT2D eigenvalue weighted by Crippen LogP contribution is -2.33. The predicted octanol–water partition coefficient (Wildman–Crippen LogP) is 1.05. The van der Waals surface area contributed by atoms with E-state index in [4.69, 9.17) is 5.73 Å². The van der Waals surface area contributed by atoms with Gasteiger partial charge in [0.25, 0.3) is 0 Å². The summed E-state index contributed by atoms with van der Waals surface area (Å²) in [7, 11) is 0. The van der Waals surface area contributed by atoms with Gasteiger partial charge < -0.3 is 11.1 Å². The Balaban J connectivity index is 3.86. The first kappa shape index (κ1) is 11.6. The minimum atomic E-state index is 0.181. The molecule has 0 atom stereocenters. The van der Waals surface area contributed by atoms with Gasteiger partial charge in [0.15, 0.2) is 5.96 Å². The summed E-state index contributed by atoms with van der Waals surface area (Å²) in [6.45, 7) is 7.89. The Morgan fingerprint density at radius 3 is 2.58 bits per heavy atom. The molecule has 72 valence electrons. The molecule has 0 heterocycles. The first-order valence-electron chi connectivity index (χ1n) is 4.11. The summed E-state index contributed by atoms with van der Waals surface area (Å²) in [5.41, 5.74) is 5.58. The summed E-state index contributed by atoms with van der Waals surface area (Å²) in [6, 6.07) is 0. The molecule has 0 spiro atoms. The van der Waals surface area contributed by atoms with Gasteiger partial charge in [-0.2, -0.15) is 11.8 Å². The molecule has 0 radical (unpaired) electrons. The first-order valence-corrected chi connectivity index (χ1v) is 5.33. The molecule has 0 aliphatic heterocycles. The van der Waals surface area contributed by atoms with E-state index < -0.39 is 0 Å². The van der Waals surface area contributed by atoms with Crippen molar-refractivity contribution < 1.29 is 0 Å². The molecule has 0 amide bonds. The van der Waals surface area contributed by atoms with Gasteiger partial charge in [-0.15, -0.1) is 0 Å². The Labute approximate surface area is 79.2 Å². The lowest BCUT2D eigenvalue weighted by Gasteiger charge is -2.19. The van der Waals surface area contributed by atoms with E-state index in [0.717, 1.165) is 13.1 Å². The van der Waals surface area contributed by atoms with Crippen LogP contribution in [-0.4, -0.2) is 30.1 Å². The van der Waals surface area contributed by atoms with Crippen LogP contribution in [0.4, 0.5) is 0 Å². The smallest absolute Gasteiger partial charge is 0.188 e. The van der Waals surface area contributed by atoms with E-state index in [2.05, 4.69) is 30.4 Å². The highest BCUT2D eigenvalue weighted by atomic mass is 32.2. The van der Waals surface area contributed by atoms with Crippen molar-refractivity contribution in [3.8, 4) is 0 Å². The van der Waals surface area contributed by atoms with E-state index in [1.165, 1.54) is 0 Å². The zero-order valence-electron chi connectivity index (χ0n) is 8.35. The Bertz CT molecular complexity index is 154. The van der Waals surface area contributed by atoms with E-state index in [0.29, 0.717) is 5.96 Å². The molecule has 0 unspecified atom stereocenters. The molecule has 0 bridgehead atoms. The molecule has 4 heteroatoms. The lowest BCUT2D eigenvalue weighted by molar-refractivity contribution is 0.721. The molecule has 12 heavy (non-hydrogen) atoms. The van der Waals surface area contributed by atoms with Crippen molar-refractivity contribution in [3.05, 3.63) is 0 Å². The fourth-order valence-corrected chi connectivity index (χ4v) is 0.771. The number of hydrogen-bond acceptors (Lipinski definition) is 2. The number of guanidine groups is 1. The fraction of sp³-hybridized carbons (Fsp3) is 0.875. The van der Waals surface area contributed by atoms with Crippen LogP contribution in [0.25, 0.3) is 0 Å². The van der Waals surface area contributed by atoms with Crippen molar-refractivity contribution in [2.45, 2.75) is 25.5 Å². The van der Waals surface area contributed by atoms with E-state index in [1.54, 1.807) is 11.8 Å². The number of nitrogens with one attached hydrogen (secondary N) is 1. The second-order valence-corrected chi connectivity index (χ2v) is 4.71.